The van der Waals surface area contributed by atoms with Gasteiger partial charge in [0.2, 0.25) is 11.8 Å². The van der Waals surface area contributed by atoms with Gasteiger partial charge in [-0.3, -0.25) is 0 Å². The van der Waals surface area contributed by atoms with Crippen molar-refractivity contribution in [2.75, 3.05) is 30.7 Å². The average molecular weight is 695 g/mol. The van der Waals surface area contributed by atoms with E-state index < -0.39 is 32.1 Å². The third kappa shape index (κ3) is 7.56. The molecule has 0 saturated carbocycles. The van der Waals surface area contributed by atoms with Gasteiger partial charge in [-0.25, -0.2) is 35.9 Å². The van der Waals surface area contributed by atoms with Crippen LogP contribution in [-0.4, -0.2) is 39.2 Å². The summed E-state index contributed by atoms with van der Waals surface area (Å²) in [5.41, 5.74) is 2.77. The molecule has 250 valence electrons. The van der Waals surface area contributed by atoms with E-state index in [2.05, 4.69) is 41.0 Å². The highest BCUT2D eigenvalue weighted by atomic mass is 32.2. The number of hydrogen-bond donors (Lipinski definition) is 6. The summed E-state index contributed by atoms with van der Waals surface area (Å²) in [7, 11) is -8.31. The van der Waals surface area contributed by atoms with Crippen LogP contribution in [-0.2, 0) is 20.0 Å². The number of sulfonamides is 2. The summed E-state index contributed by atoms with van der Waals surface area (Å²) in [4.78, 5) is 25.2. The molecule has 5 rings (SSSR count). The van der Waals surface area contributed by atoms with Crippen LogP contribution in [0.2, 0.25) is 0 Å². The maximum Gasteiger partial charge on any atom is 0.323 e. The number of anilines is 6. The number of aromatic nitrogens is 2. The number of para-hydroxylation sites is 2. The van der Waals surface area contributed by atoms with Gasteiger partial charge in [0, 0.05) is 22.5 Å². The van der Waals surface area contributed by atoms with Crippen molar-refractivity contribution >= 4 is 66.6 Å². The lowest BCUT2D eigenvalue weighted by Crippen LogP contribution is -2.23. The van der Waals surface area contributed by atoms with Crippen LogP contribution in [0.1, 0.15) is 22.5 Å². The number of urea groups is 2. The molecule has 0 aliphatic heterocycles. The highest BCUT2D eigenvalue weighted by Gasteiger charge is 2.24. The van der Waals surface area contributed by atoms with Gasteiger partial charge in [-0.15, -0.1) is 0 Å². The molecule has 5 aromatic rings. The van der Waals surface area contributed by atoms with Crippen molar-refractivity contribution in [3.8, 4) is 0 Å². The Hall–Kier alpha value is -5.88. The van der Waals surface area contributed by atoms with Crippen molar-refractivity contribution in [2.24, 2.45) is 0 Å². The van der Waals surface area contributed by atoms with Crippen LogP contribution in [0, 0.1) is 27.7 Å². The number of carbonyl (C=O) groups is 2. The van der Waals surface area contributed by atoms with E-state index in [9.17, 15) is 26.4 Å². The first kappa shape index (κ1) is 33.5. The molecule has 16 nitrogen and oxygen atoms in total. The summed E-state index contributed by atoms with van der Waals surface area (Å²) in [5, 5.41) is 17.7. The van der Waals surface area contributed by atoms with Gasteiger partial charge >= 0.3 is 12.1 Å². The average Bonchev–Trinajstić information content (AvgIpc) is 3.52. The van der Waals surface area contributed by atoms with Gasteiger partial charge in [-0.2, -0.15) is 0 Å². The molecule has 4 amide bonds. The van der Waals surface area contributed by atoms with Crippen molar-refractivity contribution in [1.82, 2.24) is 10.3 Å². The smallest absolute Gasteiger partial charge is 0.323 e. The Morgan fingerprint density at radius 2 is 0.896 bits per heavy atom. The Labute approximate surface area is 275 Å². The summed E-state index contributed by atoms with van der Waals surface area (Å²) in [6.45, 7) is 6.66. The van der Waals surface area contributed by atoms with E-state index in [1.54, 1.807) is 39.8 Å². The SMILES string of the molecule is Cc1noc(NS(=O)(=O)c2ccccc2NC(=O)Nc2ccc(NC(=O)Nc3ccccc3S(=O)(=O)Nc3onc(C)c3C)cc2)c1C. The zero-order valence-corrected chi connectivity index (χ0v) is 27.5. The molecule has 0 fully saturated rings. The van der Waals surface area contributed by atoms with Crippen molar-refractivity contribution in [3.63, 3.8) is 0 Å². The monoisotopic (exact) mass is 694 g/mol. The molecular formula is C30H30N8O8S2. The van der Waals surface area contributed by atoms with Gasteiger partial charge in [0.1, 0.15) is 9.79 Å². The van der Waals surface area contributed by atoms with Crippen LogP contribution in [0.25, 0.3) is 0 Å². The van der Waals surface area contributed by atoms with Crippen LogP contribution in [0.3, 0.4) is 0 Å². The molecule has 0 bridgehead atoms. The summed E-state index contributed by atoms with van der Waals surface area (Å²) < 4.78 is 67.1. The highest BCUT2D eigenvalue weighted by molar-refractivity contribution is 7.93. The molecule has 0 unspecified atom stereocenters. The second kappa shape index (κ2) is 13.5. The third-order valence-corrected chi connectivity index (χ3v) is 9.80. The summed E-state index contributed by atoms with van der Waals surface area (Å²) >= 11 is 0. The number of carbonyl (C=O) groups excluding carboxylic acids is 2. The lowest BCUT2D eigenvalue weighted by atomic mass is 10.3. The zero-order valence-electron chi connectivity index (χ0n) is 25.9. The number of benzene rings is 3. The normalized spacial score (nSPS) is 11.4. The van der Waals surface area contributed by atoms with E-state index in [0.717, 1.165) is 0 Å². The Morgan fingerprint density at radius 1 is 0.542 bits per heavy atom. The van der Waals surface area contributed by atoms with Crippen LogP contribution in [0.4, 0.5) is 44.1 Å². The van der Waals surface area contributed by atoms with Gasteiger partial charge in [0.05, 0.1) is 22.8 Å². The Balaban J connectivity index is 1.20. The fraction of sp³-hybridized carbons (Fsp3) is 0.133. The number of nitrogens with one attached hydrogen (secondary N) is 6. The van der Waals surface area contributed by atoms with Crippen molar-refractivity contribution in [1.29, 1.82) is 0 Å². The Bertz CT molecular complexity index is 2060. The van der Waals surface area contributed by atoms with Crippen molar-refractivity contribution in [2.45, 2.75) is 37.5 Å². The van der Waals surface area contributed by atoms with Gasteiger partial charge < -0.3 is 30.3 Å². The maximum absolute atomic E-state index is 13.1. The molecule has 48 heavy (non-hydrogen) atoms. The van der Waals surface area contributed by atoms with E-state index in [1.165, 1.54) is 60.7 Å². The number of amides is 4. The molecule has 6 N–H and O–H groups in total. The number of hydrogen-bond acceptors (Lipinski definition) is 10. The van der Waals surface area contributed by atoms with E-state index in [1.807, 2.05) is 0 Å². The molecule has 3 aromatic carbocycles. The largest absolute Gasteiger partial charge is 0.337 e. The van der Waals surface area contributed by atoms with Gasteiger partial charge in [-0.05, 0) is 76.2 Å². The molecule has 2 heterocycles. The lowest BCUT2D eigenvalue weighted by Gasteiger charge is -2.14. The van der Waals surface area contributed by atoms with Crippen LogP contribution in [0.5, 0.6) is 0 Å². The molecule has 0 radical (unpaired) electrons. The van der Waals surface area contributed by atoms with Crippen molar-refractivity contribution < 1.29 is 35.5 Å². The first-order valence-corrected chi connectivity index (χ1v) is 17.1. The highest BCUT2D eigenvalue weighted by Crippen LogP contribution is 2.28. The quantitative estimate of drug-likeness (QED) is 0.103. The van der Waals surface area contributed by atoms with Gasteiger partial charge in [0.15, 0.2) is 0 Å². The van der Waals surface area contributed by atoms with E-state index >= 15 is 0 Å². The minimum Gasteiger partial charge on any atom is -0.337 e. The van der Waals surface area contributed by atoms with E-state index in [4.69, 9.17) is 9.05 Å². The fourth-order valence-electron chi connectivity index (χ4n) is 4.19. The molecule has 18 heteroatoms. The van der Waals surface area contributed by atoms with E-state index in [0.29, 0.717) is 33.9 Å². The zero-order chi connectivity index (χ0) is 34.6. The minimum atomic E-state index is -4.15. The third-order valence-electron chi connectivity index (χ3n) is 7.02. The Kier molecular flexibility index (Phi) is 9.39. The topological polar surface area (TPSA) is 227 Å². The molecule has 2 aromatic heterocycles. The van der Waals surface area contributed by atoms with Gasteiger partial charge in [-0.1, -0.05) is 34.6 Å². The van der Waals surface area contributed by atoms with Crippen LogP contribution < -0.4 is 30.7 Å². The number of aryl methyl sites for hydroxylation is 2. The molecule has 0 atom stereocenters. The Morgan fingerprint density at radius 3 is 1.23 bits per heavy atom. The standard InChI is InChI=1S/C30H30N8O8S2/c1-17-19(3)35-45-27(17)37-47(41,42)25-11-7-5-9-23(25)33-29(39)31-21-13-15-22(16-14-21)32-30(40)34-24-10-6-8-12-26(24)48(43,44)38-28-18(2)20(4)36-46-28/h5-16,37-38H,1-4H3,(H2,31,33,39)(H2,32,34,40). The second-order valence-electron chi connectivity index (χ2n) is 10.4. The molecule has 0 aliphatic carbocycles. The van der Waals surface area contributed by atoms with Crippen LogP contribution in [0.15, 0.2) is 91.6 Å². The molecule has 0 saturated heterocycles. The first-order valence-electron chi connectivity index (χ1n) is 14.1. The predicted octanol–water partition coefficient (Wildman–Crippen LogP) is 5.79. The van der Waals surface area contributed by atoms with Gasteiger partial charge in [0.25, 0.3) is 20.0 Å². The summed E-state index contributed by atoms with van der Waals surface area (Å²) in [5.74, 6) is -0.0679. The predicted molar refractivity (Wildman–Crippen MR) is 178 cm³/mol. The van der Waals surface area contributed by atoms with Crippen LogP contribution >= 0.6 is 0 Å². The molecular weight excluding hydrogens is 665 g/mol. The molecule has 0 aliphatic rings. The maximum atomic E-state index is 13.1. The fourth-order valence-corrected chi connectivity index (χ4v) is 6.61. The number of rotatable bonds is 10. The van der Waals surface area contributed by atoms with Crippen molar-refractivity contribution in [3.05, 3.63) is 95.3 Å². The first-order chi connectivity index (χ1) is 22.7. The summed E-state index contributed by atoms with van der Waals surface area (Å²) in [6.07, 6.45) is 0. The summed E-state index contributed by atoms with van der Waals surface area (Å²) in [6, 6.07) is 16.2. The number of nitrogens with zero attached hydrogens (tertiary/aromatic N) is 2. The minimum absolute atomic E-state index is 0.00918. The van der Waals surface area contributed by atoms with E-state index in [-0.39, 0.29) is 32.9 Å². The second-order valence-corrected chi connectivity index (χ2v) is 13.7. The molecule has 0 spiro atoms. The lowest BCUT2D eigenvalue weighted by molar-refractivity contribution is 0.261.